The minimum absolute atomic E-state index is 0.00757. The number of anilines is 3. The van der Waals surface area contributed by atoms with Crippen molar-refractivity contribution < 1.29 is 27.6 Å². The predicted molar refractivity (Wildman–Crippen MR) is 202 cm³/mol. The van der Waals surface area contributed by atoms with Crippen LogP contribution in [0.1, 0.15) is 72.9 Å². The maximum atomic E-state index is 15.8. The highest BCUT2D eigenvalue weighted by Gasteiger charge is 2.40. The second kappa shape index (κ2) is 14.6. The minimum Gasteiger partial charge on any atom is -0.370 e. The van der Waals surface area contributed by atoms with Crippen molar-refractivity contribution in [3.8, 4) is 11.3 Å². The molecular weight excluding hydrogens is 726 g/mol. The Morgan fingerprint density at radius 3 is 2.46 bits per heavy atom. The number of benzene rings is 2. The largest absolute Gasteiger partial charge is 0.370 e. The molecule has 0 radical (unpaired) electrons. The van der Waals surface area contributed by atoms with E-state index < -0.39 is 35.3 Å². The standard InChI is InChI=1S/C40H41F3N10O3/c1-21(2)53-22(3)46-37-29(41)15-24(16-32(37)53)36-30(42)18-45-40(49-36)47-33-9-6-26(17-44-33)51-13-11-25(12-14-51)50(4)19-23-5-7-27-28(35(23)43)20-52(39(27)56)31-8-10-34(54)48-38(31)55/h5-7,9,15-18,21,25,31H,8,10-14,19-20H2,1-4H3,(H,48,54,55)(H,44,45,47,49). The van der Waals surface area contributed by atoms with Crippen molar-refractivity contribution in [1.29, 1.82) is 0 Å². The zero-order valence-electron chi connectivity index (χ0n) is 31.4. The average molecular weight is 767 g/mol. The number of piperidine rings is 2. The van der Waals surface area contributed by atoms with Crippen LogP contribution in [-0.4, -0.2) is 84.2 Å². The molecule has 13 nitrogen and oxygen atoms in total. The first-order valence-electron chi connectivity index (χ1n) is 18.7. The summed E-state index contributed by atoms with van der Waals surface area (Å²) in [5, 5.41) is 5.30. The molecular formula is C40H41F3N10O3. The summed E-state index contributed by atoms with van der Waals surface area (Å²) in [4.78, 5) is 60.2. The van der Waals surface area contributed by atoms with Gasteiger partial charge in [0.25, 0.3) is 5.91 Å². The van der Waals surface area contributed by atoms with E-state index in [2.05, 4.69) is 40.4 Å². The number of carbonyl (C=O) groups is 3. The van der Waals surface area contributed by atoms with Gasteiger partial charge in [0.1, 0.15) is 34.7 Å². The van der Waals surface area contributed by atoms with E-state index in [1.165, 1.54) is 11.0 Å². The van der Waals surface area contributed by atoms with Gasteiger partial charge in [-0.1, -0.05) is 6.07 Å². The second-order valence-corrected chi connectivity index (χ2v) is 15.0. The summed E-state index contributed by atoms with van der Waals surface area (Å²) in [6.07, 6.45) is 4.82. The molecule has 0 aliphatic carbocycles. The third-order valence-corrected chi connectivity index (χ3v) is 11.0. The lowest BCUT2D eigenvalue weighted by atomic mass is 10.0. The summed E-state index contributed by atoms with van der Waals surface area (Å²) < 4.78 is 47.9. The van der Waals surface area contributed by atoms with Crippen LogP contribution >= 0.6 is 0 Å². The number of imidazole rings is 1. The van der Waals surface area contributed by atoms with Crippen LogP contribution in [0.5, 0.6) is 0 Å². The fraction of sp³-hybridized carbons (Fsp3) is 0.375. The lowest BCUT2D eigenvalue weighted by Crippen LogP contribution is -2.52. The molecule has 6 heterocycles. The van der Waals surface area contributed by atoms with Gasteiger partial charge in [0.15, 0.2) is 11.6 Å². The van der Waals surface area contributed by atoms with Gasteiger partial charge >= 0.3 is 0 Å². The highest BCUT2D eigenvalue weighted by molar-refractivity contribution is 6.05. The molecule has 56 heavy (non-hydrogen) atoms. The highest BCUT2D eigenvalue weighted by atomic mass is 19.1. The SMILES string of the molecule is Cc1nc2c(F)cc(-c3nc(Nc4ccc(N5CCC(N(C)Cc6ccc7c(c6F)CN(C6CCC(=O)NC6=O)C7=O)CC5)cn4)ncc3F)cc2n1C(C)C. The van der Waals surface area contributed by atoms with Crippen LogP contribution in [0.2, 0.25) is 0 Å². The molecule has 0 bridgehead atoms. The quantitative estimate of drug-likeness (QED) is 0.177. The molecule has 3 aliphatic heterocycles. The van der Waals surface area contributed by atoms with Gasteiger partial charge in [0, 0.05) is 60.4 Å². The van der Waals surface area contributed by atoms with Crippen molar-refractivity contribution in [2.45, 2.75) is 77.7 Å². The van der Waals surface area contributed by atoms with Gasteiger partial charge in [0.05, 0.1) is 30.1 Å². The van der Waals surface area contributed by atoms with E-state index in [4.69, 9.17) is 0 Å². The predicted octanol–water partition coefficient (Wildman–Crippen LogP) is 5.80. The van der Waals surface area contributed by atoms with E-state index in [1.54, 1.807) is 30.5 Å². The number of pyridine rings is 1. The molecule has 3 aliphatic rings. The van der Waals surface area contributed by atoms with Gasteiger partial charge in [0.2, 0.25) is 17.8 Å². The fourth-order valence-electron chi connectivity index (χ4n) is 8.19. The number of amides is 3. The normalized spacial score (nSPS) is 17.7. The molecule has 2 N–H and O–H groups in total. The lowest BCUT2D eigenvalue weighted by molar-refractivity contribution is -0.136. The van der Waals surface area contributed by atoms with Gasteiger partial charge < -0.3 is 19.7 Å². The number of nitrogens with one attached hydrogen (secondary N) is 2. The van der Waals surface area contributed by atoms with Crippen molar-refractivity contribution in [3.05, 3.63) is 88.8 Å². The Balaban J connectivity index is 0.883. The van der Waals surface area contributed by atoms with E-state index in [9.17, 15) is 14.4 Å². The van der Waals surface area contributed by atoms with Crippen LogP contribution < -0.4 is 15.5 Å². The Labute approximate surface area is 320 Å². The maximum Gasteiger partial charge on any atom is 0.255 e. The van der Waals surface area contributed by atoms with Crippen LogP contribution in [0.3, 0.4) is 0 Å². The van der Waals surface area contributed by atoms with Crippen LogP contribution in [0, 0.1) is 24.4 Å². The number of imide groups is 1. The number of carbonyl (C=O) groups excluding carboxylic acids is 3. The molecule has 5 aromatic rings. The van der Waals surface area contributed by atoms with Crippen LogP contribution in [0.15, 0.2) is 48.8 Å². The van der Waals surface area contributed by atoms with Gasteiger partial charge in [-0.25, -0.2) is 33.1 Å². The van der Waals surface area contributed by atoms with Crippen molar-refractivity contribution in [3.63, 3.8) is 0 Å². The monoisotopic (exact) mass is 766 g/mol. The summed E-state index contributed by atoms with van der Waals surface area (Å²) in [5.74, 6) is -1.75. The molecule has 2 saturated heterocycles. The molecule has 16 heteroatoms. The summed E-state index contributed by atoms with van der Waals surface area (Å²) in [6, 6.07) is 9.35. The molecule has 0 spiro atoms. The van der Waals surface area contributed by atoms with Crippen molar-refractivity contribution in [2.24, 2.45) is 0 Å². The molecule has 2 aromatic carbocycles. The van der Waals surface area contributed by atoms with Gasteiger partial charge in [-0.15, -0.1) is 0 Å². The Kier molecular flexibility index (Phi) is 9.68. The highest BCUT2D eigenvalue weighted by Crippen LogP contribution is 2.33. The van der Waals surface area contributed by atoms with Crippen LogP contribution in [0.25, 0.3) is 22.3 Å². The van der Waals surface area contributed by atoms with Gasteiger partial charge in [-0.2, -0.15) is 0 Å². The molecule has 0 saturated carbocycles. The first-order chi connectivity index (χ1) is 26.9. The third-order valence-electron chi connectivity index (χ3n) is 11.0. The summed E-state index contributed by atoms with van der Waals surface area (Å²) in [6.45, 7) is 7.62. The van der Waals surface area contributed by atoms with Crippen LogP contribution in [0.4, 0.5) is 30.6 Å². The van der Waals surface area contributed by atoms with E-state index in [1.807, 2.05) is 38.5 Å². The number of halogens is 3. The van der Waals surface area contributed by atoms with E-state index in [-0.39, 0.29) is 71.2 Å². The summed E-state index contributed by atoms with van der Waals surface area (Å²) in [7, 11) is 1.97. The first-order valence-corrected chi connectivity index (χ1v) is 18.7. The lowest BCUT2D eigenvalue weighted by Gasteiger charge is -2.38. The third kappa shape index (κ3) is 6.82. The number of aryl methyl sites for hydroxylation is 1. The number of hydrogen-bond donors (Lipinski definition) is 2. The Hall–Kier alpha value is -5.90. The van der Waals surface area contributed by atoms with Crippen molar-refractivity contribution in [2.75, 3.05) is 30.4 Å². The van der Waals surface area contributed by atoms with Crippen molar-refractivity contribution >= 4 is 46.2 Å². The molecule has 1 atom stereocenters. The van der Waals surface area contributed by atoms with Gasteiger partial charge in [-0.3, -0.25) is 24.6 Å². The molecule has 290 valence electrons. The average Bonchev–Trinajstić information content (AvgIpc) is 3.70. The van der Waals surface area contributed by atoms with E-state index >= 15 is 13.2 Å². The van der Waals surface area contributed by atoms with E-state index in [0.717, 1.165) is 37.8 Å². The number of fused-ring (bicyclic) bond motifs is 2. The topological polar surface area (TPSA) is 141 Å². The Morgan fingerprint density at radius 1 is 0.964 bits per heavy atom. The second-order valence-electron chi connectivity index (χ2n) is 15.0. The smallest absolute Gasteiger partial charge is 0.255 e. The minimum atomic E-state index is -0.797. The number of hydrogen-bond acceptors (Lipinski definition) is 10. The molecule has 1 unspecified atom stereocenters. The first kappa shape index (κ1) is 37.0. The van der Waals surface area contributed by atoms with Gasteiger partial charge in [-0.05, 0) is 77.4 Å². The molecule has 3 aromatic heterocycles. The van der Waals surface area contributed by atoms with E-state index in [0.29, 0.717) is 29.3 Å². The molecule has 8 rings (SSSR count). The zero-order chi connectivity index (χ0) is 39.4. The number of nitrogens with zero attached hydrogens (tertiary/aromatic N) is 8. The number of aromatic nitrogens is 5. The van der Waals surface area contributed by atoms with Crippen molar-refractivity contribution in [1.82, 2.24) is 39.6 Å². The molecule has 2 fully saturated rings. The fourth-order valence-corrected chi connectivity index (χ4v) is 8.19. The molecule has 3 amide bonds. The number of rotatable bonds is 9. The maximum absolute atomic E-state index is 15.8. The Bertz CT molecular complexity index is 2380. The van der Waals surface area contributed by atoms with Crippen LogP contribution in [-0.2, 0) is 22.7 Å². The Morgan fingerprint density at radius 2 is 1.75 bits per heavy atom. The zero-order valence-corrected chi connectivity index (χ0v) is 31.4. The summed E-state index contributed by atoms with van der Waals surface area (Å²) >= 11 is 0. The summed E-state index contributed by atoms with van der Waals surface area (Å²) in [5.41, 5.74) is 2.95.